The van der Waals surface area contributed by atoms with E-state index in [2.05, 4.69) is 10.0 Å². The number of halogens is 1. The van der Waals surface area contributed by atoms with Gasteiger partial charge in [-0.1, -0.05) is 24.3 Å². The molecule has 0 aromatic heterocycles. The summed E-state index contributed by atoms with van der Waals surface area (Å²) in [7, 11) is -3.65. The Morgan fingerprint density at radius 2 is 1.40 bits per heavy atom. The second-order valence-corrected chi connectivity index (χ2v) is 13.0. The lowest BCUT2D eigenvalue weighted by molar-refractivity contribution is 0.102. The molecule has 1 amide bonds. The number of hydrogen-bond acceptors (Lipinski definition) is 6. The van der Waals surface area contributed by atoms with Crippen LogP contribution in [-0.2, 0) is 26.8 Å². The van der Waals surface area contributed by atoms with Crippen LogP contribution < -0.4 is 19.1 Å². The molecule has 13 heteroatoms. The summed E-state index contributed by atoms with van der Waals surface area (Å²) < 4.78 is 75.4. The molecule has 0 saturated heterocycles. The molecule has 220 valence electrons. The van der Waals surface area contributed by atoms with Crippen molar-refractivity contribution in [1.29, 1.82) is 0 Å². The zero-order valence-corrected chi connectivity index (χ0v) is 24.6. The molecule has 0 heterocycles. The van der Waals surface area contributed by atoms with Crippen molar-refractivity contribution in [3.05, 3.63) is 114 Å². The van der Waals surface area contributed by atoms with Gasteiger partial charge >= 0.3 is 10.2 Å². The zero-order valence-electron chi connectivity index (χ0n) is 23.0. The van der Waals surface area contributed by atoms with E-state index in [9.17, 15) is 26.0 Å². The minimum Gasteiger partial charge on any atom is -0.497 e. The van der Waals surface area contributed by atoms with Gasteiger partial charge in [-0.25, -0.2) is 12.8 Å². The summed E-state index contributed by atoms with van der Waals surface area (Å²) in [6.45, 7) is -0.163. The van der Waals surface area contributed by atoms with Crippen molar-refractivity contribution >= 4 is 43.2 Å². The van der Waals surface area contributed by atoms with Gasteiger partial charge in [0.15, 0.2) is 0 Å². The normalized spacial score (nSPS) is 11.6. The van der Waals surface area contributed by atoms with Crippen molar-refractivity contribution < 1.29 is 30.8 Å². The molecule has 0 saturated carbocycles. The highest BCUT2D eigenvalue weighted by molar-refractivity contribution is 7.92. The first kappa shape index (κ1) is 30.5. The van der Waals surface area contributed by atoms with E-state index in [0.717, 1.165) is 8.61 Å². The number of nitrogens with one attached hydrogen (secondary N) is 2. The van der Waals surface area contributed by atoms with Crippen LogP contribution in [0.1, 0.15) is 15.9 Å². The van der Waals surface area contributed by atoms with Crippen molar-refractivity contribution in [3.63, 3.8) is 0 Å². The summed E-state index contributed by atoms with van der Waals surface area (Å²) in [6.07, 6.45) is 0. The van der Waals surface area contributed by atoms with Gasteiger partial charge in [-0.2, -0.15) is 12.7 Å². The standard InChI is InChI=1S/C29H29FN4O6S2/c1-33(2)42(38,39)34(28-7-5-4-6-27(28)30)20-21-8-10-22(11-9-21)29(35)31-23-14-18-26(19-15-23)41(36,37)32-24-12-16-25(40-3)17-13-24/h4-19,32H,20H2,1-3H3,(H,31,35). The molecule has 0 aliphatic rings. The molecule has 0 radical (unpaired) electrons. The minimum absolute atomic E-state index is 0.00718. The Kier molecular flexibility index (Phi) is 9.14. The molecule has 0 atom stereocenters. The zero-order chi connectivity index (χ0) is 30.5. The van der Waals surface area contributed by atoms with E-state index in [1.807, 2.05) is 0 Å². The van der Waals surface area contributed by atoms with Gasteiger partial charge in [0.2, 0.25) is 0 Å². The maximum Gasteiger partial charge on any atom is 0.303 e. The summed E-state index contributed by atoms with van der Waals surface area (Å²) in [5.41, 5.74) is 1.45. The Labute approximate surface area is 244 Å². The molecular formula is C29H29FN4O6S2. The number of sulfonamides is 1. The van der Waals surface area contributed by atoms with Crippen LogP contribution in [0.2, 0.25) is 0 Å². The smallest absolute Gasteiger partial charge is 0.303 e. The fraction of sp³-hybridized carbons (Fsp3) is 0.138. The molecule has 42 heavy (non-hydrogen) atoms. The van der Waals surface area contributed by atoms with Gasteiger partial charge in [0, 0.05) is 31.0 Å². The van der Waals surface area contributed by atoms with Gasteiger partial charge in [0.05, 0.1) is 24.2 Å². The van der Waals surface area contributed by atoms with Crippen LogP contribution in [0.4, 0.5) is 21.5 Å². The van der Waals surface area contributed by atoms with Gasteiger partial charge in [0.25, 0.3) is 15.9 Å². The first-order chi connectivity index (χ1) is 19.9. The van der Waals surface area contributed by atoms with Crippen molar-refractivity contribution in [2.45, 2.75) is 11.4 Å². The fourth-order valence-electron chi connectivity index (χ4n) is 3.86. The first-order valence-corrected chi connectivity index (χ1v) is 15.4. The van der Waals surface area contributed by atoms with E-state index < -0.39 is 32.0 Å². The summed E-state index contributed by atoms with van der Waals surface area (Å²) >= 11 is 0. The second-order valence-electron chi connectivity index (χ2n) is 9.26. The molecular weight excluding hydrogens is 583 g/mol. The molecule has 0 fully saturated rings. The van der Waals surface area contributed by atoms with Crippen LogP contribution in [0.25, 0.3) is 0 Å². The molecule has 2 N–H and O–H groups in total. The SMILES string of the molecule is COc1ccc(NS(=O)(=O)c2ccc(NC(=O)c3ccc(CN(c4ccccc4F)S(=O)(=O)N(C)C)cc3)cc2)cc1. The number of benzene rings is 4. The number of amides is 1. The summed E-state index contributed by atoms with van der Waals surface area (Å²) in [5, 5.41) is 2.70. The van der Waals surface area contributed by atoms with E-state index in [0.29, 0.717) is 22.7 Å². The lowest BCUT2D eigenvalue weighted by Gasteiger charge is -2.27. The average molecular weight is 613 g/mol. The number of para-hydroxylation sites is 1. The number of carbonyl (C=O) groups is 1. The third-order valence-corrected chi connectivity index (χ3v) is 9.37. The molecule has 4 aromatic rings. The van der Waals surface area contributed by atoms with Crippen LogP contribution in [0.3, 0.4) is 0 Å². The number of carbonyl (C=O) groups excluding carboxylic acids is 1. The highest BCUT2D eigenvalue weighted by atomic mass is 32.2. The van der Waals surface area contributed by atoms with Crippen molar-refractivity contribution in [1.82, 2.24) is 4.31 Å². The summed E-state index contributed by atoms with van der Waals surface area (Å²) in [5.74, 6) is -0.552. The van der Waals surface area contributed by atoms with Crippen LogP contribution in [-0.4, -0.2) is 48.3 Å². The Morgan fingerprint density at radius 3 is 1.98 bits per heavy atom. The Hall–Kier alpha value is -4.46. The highest BCUT2D eigenvalue weighted by Gasteiger charge is 2.27. The largest absolute Gasteiger partial charge is 0.497 e. The number of ether oxygens (including phenoxy) is 1. The highest BCUT2D eigenvalue weighted by Crippen LogP contribution is 2.26. The number of nitrogens with zero attached hydrogens (tertiary/aromatic N) is 2. The topological polar surface area (TPSA) is 125 Å². The third-order valence-electron chi connectivity index (χ3n) is 6.17. The van der Waals surface area contributed by atoms with Crippen molar-refractivity contribution in [2.75, 3.05) is 35.5 Å². The molecule has 0 aliphatic carbocycles. The second kappa shape index (κ2) is 12.6. The Bertz CT molecular complexity index is 1760. The lowest BCUT2D eigenvalue weighted by Crippen LogP contribution is -2.40. The molecule has 0 spiro atoms. The molecule has 0 unspecified atom stereocenters. The van der Waals surface area contributed by atoms with E-state index in [4.69, 9.17) is 4.74 Å². The molecule has 4 rings (SSSR count). The van der Waals surface area contributed by atoms with Crippen molar-refractivity contribution in [3.8, 4) is 5.75 Å². The fourth-order valence-corrected chi connectivity index (χ4v) is 6.03. The Morgan fingerprint density at radius 1 is 0.810 bits per heavy atom. The molecule has 0 bridgehead atoms. The first-order valence-electron chi connectivity index (χ1n) is 12.5. The predicted octanol–water partition coefficient (Wildman–Crippen LogP) is 4.70. The van der Waals surface area contributed by atoms with E-state index in [1.165, 1.54) is 75.8 Å². The van der Waals surface area contributed by atoms with Crippen molar-refractivity contribution in [2.24, 2.45) is 0 Å². The number of anilines is 3. The third kappa shape index (κ3) is 7.05. The van der Waals surface area contributed by atoms with Gasteiger partial charge in [0.1, 0.15) is 11.6 Å². The van der Waals surface area contributed by atoms with Gasteiger partial charge < -0.3 is 10.1 Å². The number of methoxy groups -OCH3 is 1. The van der Waals surface area contributed by atoms with Crippen LogP contribution in [0, 0.1) is 5.82 Å². The van der Waals surface area contributed by atoms with Crippen LogP contribution >= 0.6 is 0 Å². The maximum atomic E-state index is 14.5. The van der Waals surface area contributed by atoms with Crippen LogP contribution in [0.15, 0.2) is 102 Å². The average Bonchev–Trinajstić information content (AvgIpc) is 2.97. The van der Waals surface area contributed by atoms with E-state index in [1.54, 1.807) is 42.5 Å². The predicted molar refractivity (Wildman–Crippen MR) is 160 cm³/mol. The van der Waals surface area contributed by atoms with E-state index >= 15 is 0 Å². The molecule has 0 aliphatic heterocycles. The van der Waals surface area contributed by atoms with Gasteiger partial charge in [-0.3, -0.25) is 13.8 Å². The van der Waals surface area contributed by atoms with Gasteiger partial charge in [-0.15, -0.1) is 0 Å². The van der Waals surface area contributed by atoms with E-state index in [-0.39, 0.29) is 22.7 Å². The number of hydrogen-bond donors (Lipinski definition) is 2. The summed E-state index contributed by atoms with van der Waals surface area (Å²) in [4.78, 5) is 12.8. The van der Waals surface area contributed by atoms with Gasteiger partial charge in [-0.05, 0) is 78.4 Å². The lowest BCUT2D eigenvalue weighted by atomic mass is 10.1. The molecule has 10 nitrogen and oxygen atoms in total. The Balaban J connectivity index is 1.44. The quantitative estimate of drug-likeness (QED) is 0.253. The number of rotatable bonds is 11. The van der Waals surface area contributed by atoms with Crippen LogP contribution in [0.5, 0.6) is 5.75 Å². The monoisotopic (exact) mass is 612 g/mol. The molecule has 4 aromatic carbocycles. The minimum atomic E-state index is -4.02. The maximum absolute atomic E-state index is 14.5. The summed E-state index contributed by atoms with van der Waals surface area (Å²) in [6, 6.07) is 23.9.